The van der Waals surface area contributed by atoms with Crippen molar-refractivity contribution in [3.8, 4) is 5.75 Å². The van der Waals surface area contributed by atoms with Gasteiger partial charge in [-0.15, -0.1) is 0 Å². The maximum atomic E-state index is 11.8. The van der Waals surface area contributed by atoms with Crippen LogP contribution in [-0.2, 0) is 20.8 Å². The van der Waals surface area contributed by atoms with Crippen LogP contribution >= 0.6 is 0 Å². The van der Waals surface area contributed by atoms with Gasteiger partial charge < -0.3 is 24.4 Å². The predicted molar refractivity (Wildman–Crippen MR) is 93.0 cm³/mol. The summed E-state index contributed by atoms with van der Waals surface area (Å²) in [5, 5.41) is 2.82. The first-order valence-corrected chi connectivity index (χ1v) is 7.73. The molecule has 1 atom stereocenters. The molecule has 0 aliphatic rings. The summed E-state index contributed by atoms with van der Waals surface area (Å²) in [6, 6.07) is 7.05. The Morgan fingerprint density at radius 2 is 1.92 bits per heavy atom. The van der Waals surface area contributed by atoms with E-state index in [9.17, 15) is 9.59 Å². The van der Waals surface area contributed by atoms with E-state index in [1.54, 1.807) is 19.1 Å². The van der Waals surface area contributed by atoms with E-state index in [1.807, 2.05) is 24.3 Å². The Balaban J connectivity index is 2.45. The van der Waals surface area contributed by atoms with Crippen LogP contribution in [0.4, 0.5) is 4.79 Å². The Morgan fingerprint density at radius 3 is 2.42 bits per heavy atom. The molecular formula is C16H25BN2O5. The predicted octanol–water partition coefficient (Wildman–Crippen LogP) is 0.0279. The van der Waals surface area contributed by atoms with Crippen molar-refractivity contribution >= 4 is 19.6 Å². The van der Waals surface area contributed by atoms with Crippen molar-refractivity contribution < 1.29 is 23.8 Å². The zero-order valence-electron chi connectivity index (χ0n) is 14.7. The summed E-state index contributed by atoms with van der Waals surface area (Å²) in [5.41, 5.74) is 1.01. The minimum absolute atomic E-state index is 0.0347. The zero-order chi connectivity index (χ0) is 17.9. The number of carbonyl (C=O) groups excluding carboxylic acids is 2. The molecular weight excluding hydrogens is 311 g/mol. The minimum atomic E-state index is -0.512. The number of nitrogens with zero attached hydrogens (tertiary/aromatic N) is 1. The topological polar surface area (TPSA) is 77.1 Å². The molecule has 1 aromatic rings. The molecule has 0 aliphatic carbocycles. The van der Waals surface area contributed by atoms with Crippen LogP contribution in [-0.4, -0.2) is 71.6 Å². The van der Waals surface area contributed by atoms with E-state index in [1.165, 1.54) is 15.0 Å². The number of benzene rings is 1. The lowest BCUT2D eigenvalue weighted by Crippen LogP contribution is -2.40. The smallest absolute Gasteiger partial charge is 0.325 e. The van der Waals surface area contributed by atoms with Gasteiger partial charge in [0.15, 0.2) is 5.81 Å². The fourth-order valence-corrected chi connectivity index (χ4v) is 2.09. The van der Waals surface area contributed by atoms with Crippen LogP contribution in [0.15, 0.2) is 24.3 Å². The van der Waals surface area contributed by atoms with Gasteiger partial charge in [0, 0.05) is 13.1 Å². The molecule has 0 saturated carbocycles. The maximum absolute atomic E-state index is 11.8. The van der Waals surface area contributed by atoms with Crippen LogP contribution in [0.2, 0.25) is 0 Å². The van der Waals surface area contributed by atoms with E-state index in [0.29, 0.717) is 19.7 Å². The molecule has 0 saturated heterocycles. The Morgan fingerprint density at radius 1 is 1.25 bits per heavy atom. The van der Waals surface area contributed by atoms with Crippen LogP contribution in [0.5, 0.6) is 5.75 Å². The third-order valence-corrected chi connectivity index (χ3v) is 3.60. The van der Waals surface area contributed by atoms with Crippen LogP contribution in [0.3, 0.4) is 0 Å². The fraction of sp³-hybridized carbons (Fsp3) is 0.500. The highest BCUT2D eigenvalue weighted by Gasteiger charge is 2.17. The highest BCUT2D eigenvalue weighted by molar-refractivity contribution is 6.56. The Kier molecular flexibility index (Phi) is 8.89. The van der Waals surface area contributed by atoms with Crippen LogP contribution in [0, 0.1) is 0 Å². The number of nitrogens with one attached hydrogen (secondary N) is 1. The van der Waals surface area contributed by atoms with E-state index < -0.39 is 6.04 Å². The lowest BCUT2D eigenvalue weighted by Gasteiger charge is -2.22. The molecule has 1 N–H and O–H groups in total. The second kappa shape index (κ2) is 10.7. The van der Waals surface area contributed by atoms with Gasteiger partial charge in [0.1, 0.15) is 11.8 Å². The SMILES string of the molecule is BC(=O)N(CCOC[C@@H](NC)C(=O)OC)Cc1ccc(OC)cc1. The number of rotatable bonds is 10. The second-order valence-corrected chi connectivity index (χ2v) is 5.23. The molecule has 0 heterocycles. The molecule has 0 unspecified atom stereocenters. The lowest BCUT2D eigenvalue weighted by molar-refractivity contribution is -0.144. The monoisotopic (exact) mass is 336 g/mol. The first-order chi connectivity index (χ1) is 11.5. The number of amides is 1. The molecule has 8 heteroatoms. The van der Waals surface area contributed by atoms with Crippen LogP contribution < -0.4 is 10.1 Å². The van der Waals surface area contributed by atoms with Gasteiger partial charge in [-0.3, -0.25) is 9.59 Å². The van der Waals surface area contributed by atoms with E-state index in [0.717, 1.165) is 11.3 Å². The normalized spacial score (nSPS) is 11.6. The third kappa shape index (κ3) is 6.60. The molecule has 0 spiro atoms. The van der Waals surface area contributed by atoms with Gasteiger partial charge in [-0.1, -0.05) is 12.1 Å². The molecule has 0 aliphatic heterocycles. The molecule has 0 aromatic heterocycles. The average molecular weight is 336 g/mol. The van der Waals surface area contributed by atoms with Gasteiger partial charge in [-0.25, -0.2) is 0 Å². The highest BCUT2D eigenvalue weighted by atomic mass is 16.5. The highest BCUT2D eigenvalue weighted by Crippen LogP contribution is 2.13. The minimum Gasteiger partial charge on any atom is -0.497 e. The van der Waals surface area contributed by atoms with Gasteiger partial charge in [0.2, 0.25) is 7.85 Å². The molecule has 0 fully saturated rings. The van der Waals surface area contributed by atoms with Crippen molar-refractivity contribution in [3.63, 3.8) is 0 Å². The summed E-state index contributed by atoms with van der Waals surface area (Å²) >= 11 is 0. The lowest BCUT2D eigenvalue weighted by atomic mass is 10.1. The van der Waals surface area contributed by atoms with Gasteiger partial charge >= 0.3 is 5.97 Å². The van der Waals surface area contributed by atoms with Crippen LogP contribution in [0.1, 0.15) is 5.56 Å². The molecule has 1 aromatic carbocycles. The first kappa shape index (κ1) is 20.0. The summed E-state index contributed by atoms with van der Waals surface area (Å²) in [4.78, 5) is 24.9. The quantitative estimate of drug-likeness (QED) is 0.369. The van der Waals surface area contributed by atoms with E-state index >= 15 is 0 Å². The van der Waals surface area contributed by atoms with Crippen molar-refractivity contribution in [2.75, 3.05) is 41.0 Å². The molecule has 7 nitrogen and oxygen atoms in total. The second-order valence-electron chi connectivity index (χ2n) is 5.23. The summed E-state index contributed by atoms with van der Waals surface area (Å²) in [5.74, 6) is 0.365. The van der Waals surface area contributed by atoms with E-state index in [2.05, 4.69) is 10.1 Å². The average Bonchev–Trinajstić information content (AvgIpc) is 2.60. The third-order valence-electron chi connectivity index (χ3n) is 3.60. The van der Waals surface area contributed by atoms with Crippen molar-refractivity contribution in [1.29, 1.82) is 0 Å². The van der Waals surface area contributed by atoms with Crippen molar-refractivity contribution in [2.45, 2.75) is 12.6 Å². The number of hydrogen-bond acceptors (Lipinski definition) is 6. The molecule has 1 rings (SSSR count). The van der Waals surface area contributed by atoms with E-state index in [-0.39, 0.29) is 18.4 Å². The Bertz CT molecular complexity index is 524. The number of ether oxygens (including phenoxy) is 3. The van der Waals surface area contributed by atoms with E-state index in [4.69, 9.17) is 9.47 Å². The first-order valence-electron chi connectivity index (χ1n) is 7.73. The molecule has 0 radical (unpaired) electrons. The standard InChI is InChI=1S/C16H25BN2O5/c1-18-14(15(20)23-3)11-24-9-8-19(16(17)21)10-12-4-6-13(22-2)7-5-12/h4-7,14,18H,8-11,17H2,1-3H3/t14-/m1/s1. The number of esters is 1. The summed E-state index contributed by atoms with van der Waals surface area (Å²) in [6.45, 7) is 1.47. The molecule has 24 heavy (non-hydrogen) atoms. The van der Waals surface area contributed by atoms with Gasteiger partial charge in [-0.05, 0) is 24.7 Å². The number of methoxy groups -OCH3 is 2. The largest absolute Gasteiger partial charge is 0.497 e. The Labute approximate surface area is 143 Å². The van der Waals surface area contributed by atoms with Crippen molar-refractivity contribution in [1.82, 2.24) is 10.2 Å². The Hall–Kier alpha value is -2.06. The molecule has 0 bridgehead atoms. The summed E-state index contributed by atoms with van der Waals surface area (Å²) < 4.78 is 15.3. The van der Waals surface area contributed by atoms with Crippen molar-refractivity contribution in [3.05, 3.63) is 29.8 Å². The van der Waals surface area contributed by atoms with Gasteiger partial charge in [0.25, 0.3) is 0 Å². The van der Waals surface area contributed by atoms with Gasteiger partial charge in [0.05, 0.1) is 27.4 Å². The number of hydrogen-bond donors (Lipinski definition) is 1. The van der Waals surface area contributed by atoms with Crippen molar-refractivity contribution in [2.24, 2.45) is 0 Å². The summed E-state index contributed by atoms with van der Waals surface area (Å²) in [6.07, 6.45) is 0. The van der Waals surface area contributed by atoms with Crippen LogP contribution in [0.25, 0.3) is 0 Å². The molecule has 1 amide bonds. The zero-order valence-corrected chi connectivity index (χ0v) is 14.7. The number of likely N-dealkylation sites (N-methyl/N-ethyl adjacent to an activating group) is 1. The number of carbonyl (C=O) groups is 2. The summed E-state index contributed by atoms with van der Waals surface area (Å²) in [7, 11) is 6.13. The van der Waals surface area contributed by atoms with Gasteiger partial charge in [-0.2, -0.15) is 0 Å². The fourth-order valence-electron chi connectivity index (χ4n) is 2.09. The maximum Gasteiger partial charge on any atom is 0.325 e. The molecule has 132 valence electrons.